The molecule has 0 aromatic carbocycles. The number of hydrogen-bond donors (Lipinski definition) is 1. The van der Waals surface area contributed by atoms with Crippen LogP contribution in [-0.4, -0.2) is 36.6 Å². The van der Waals surface area contributed by atoms with Crippen LogP contribution in [0.1, 0.15) is 36.9 Å². The Labute approximate surface area is 108 Å². The van der Waals surface area contributed by atoms with Gasteiger partial charge in [0.25, 0.3) is 0 Å². The molecule has 4 heteroatoms. The van der Waals surface area contributed by atoms with Gasteiger partial charge in [-0.25, -0.2) is 4.98 Å². The molecule has 1 fully saturated rings. The van der Waals surface area contributed by atoms with Crippen LogP contribution in [0.2, 0.25) is 0 Å². The Hall–Kier alpha value is -0.450. The van der Waals surface area contributed by atoms with Crippen LogP contribution < -0.4 is 5.32 Å². The molecule has 1 N–H and O–H groups in total. The van der Waals surface area contributed by atoms with Gasteiger partial charge in [-0.05, 0) is 46.3 Å². The summed E-state index contributed by atoms with van der Waals surface area (Å²) in [6.07, 6.45) is 3.64. The second kappa shape index (κ2) is 5.46. The van der Waals surface area contributed by atoms with Crippen molar-refractivity contribution in [2.45, 2.75) is 38.6 Å². The van der Waals surface area contributed by atoms with E-state index in [4.69, 9.17) is 4.98 Å². The maximum absolute atomic E-state index is 4.72. The quantitative estimate of drug-likeness (QED) is 0.893. The van der Waals surface area contributed by atoms with E-state index in [0.717, 1.165) is 18.8 Å². The number of thiazole rings is 1. The van der Waals surface area contributed by atoms with Gasteiger partial charge in [0, 0.05) is 17.6 Å². The third kappa shape index (κ3) is 2.87. The van der Waals surface area contributed by atoms with Crippen molar-refractivity contribution in [2.24, 2.45) is 0 Å². The topological polar surface area (TPSA) is 28.2 Å². The fourth-order valence-corrected chi connectivity index (χ4v) is 3.60. The van der Waals surface area contributed by atoms with Crippen LogP contribution in [0.15, 0.2) is 5.38 Å². The molecule has 0 aliphatic carbocycles. The molecule has 0 amide bonds. The Bertz CT molecular complexity index is 363. The Morgan fingerprint density at radius 2 is 2.41 bits per heavy atom. The number of nitrogens with one attached hydrogen (secondary N) is 1. The van der Waals surface area contributed by atoms with E-state index < -0.39 is 0 Å². The Kier molecular flexibility index (Phi) is 4.17. The molecule has 1 aromatic rings. The van der Waals surface area contributed by atoms with Crippen LogP contribution in [0.4, 0.5) is 0 Å². The summed E-state index contributed by atoms with van der Waals surface area (Å²) in [5, 5.41) is 7.19. The molecule has 2 heterocycles. The van der Waals surface area contributed by atoms with Crippen molar-refractivity contribution in [3.8, 4) is 0 Å². The molecule has 96 valence electrons. The van der Waals surface area contributed by atoms with E-state index in [9.17, 15) is 0 Å². The maximum Gasteiger partial charge on any atom is 0.114 e. The zero-order valence-corrected chi connectivity index (χ0v) is 11.9. The highest BCUT2D eigenvalue weighted by Gasteiger charge is 2.37. The number of nitrogens with zero attached hydrogens (tertiary/aromatic N) is 2. The largest absolute Gasteiger partial charge is 0.304 e. The van der Waals surface area contributed by atoms with Crippen LogP contribution in [0.3, 0.4) is 0 Å². The predicted octanol–water partition coefficient (Wildman–Crippen LogP) is 2.37. The average Bonchev–Trinajstić information content (AvgIpc) is 2.74. The molecule has 17 heavy (non-hydrogen) atoms. The summed E-state index contributed by atoms with van der Waals surface area (Å²) >= 11 is 1.81. The molecular weight excluding hydrogens is 230 g/mol. The van der Waals surface area contributed by atoms with Crippen molar-refractivity contribution in [2.75, 3.05) is 26.7 Å². The monoisotopic (exact) mass is 253 g/mol. The molecule has 1 saturated heterocycles. The van der Waals surface area contributed by atoms with E-state index in [1.54, 1.807) is 0 Å². The van der Waals surface area contributed by atoms with Crippen LogP contribution in [0.25, 0.3) is 0 Å². The highest BCUT2D eigenvalue weighted by Crippen LogP contribution is 2.33. The third-order valence-electron chi connectivity index (χ3n) is 3.43. The lowest BCUT2D eigenvalue weighted by Gasteiger charge is -2.41. The number of likely N-dealkylation sites (N-methyl/N-ethyl adjacent to an activating group) is 1. The summed E-state index contributed by atoms with van der Waals surface area (Å²) in [6.45, 7) is 7.67. The van der Waals surface area contributed by atoms with Gasteiger partial charge in [-0.15, -0.1) is 11.3 Å². The van der Waals surface area contributed by atoms with Gasteiger partial charge in [0.2, 0.25) is 0 Å². The standard InChI is InChI=1S/C13H23N3S/c1-4-7-14-13(6-5-8-16(3)10-13)12-15-11(2)9-17-12/h9,14H,4-8,10H2,1-3H3. The lowest BCUT2D eigenvalue weighted by molar-refractivity contribution is 0.143. The normalized spacial score (nSPS) is 26.3. The molecule has 1 atom stereocenters. The Morgan fingerprint density at radius 3 is 3.00 bits per heavy atom. The first-order valence-corrected chi connectivity index (χ1v) is 7.40. The van der Waals surface area contributed by atoms with Gasteiger partial charge < -0.3 is 10.2 Å². The van der Waals surface area contributed by atoms with E-state index in [1.807, 2.05) is 11.3 Å². The summed E-state index contributed by atoms with van der Waals surface area (Å²) in [4.78, 5) is 7.14. The van der Waals surface area contributed by atoms with Gasteiger partial charge in [-0.2, -0.15) is 0 Å². The van der Waals surface area contributed by atoms with E-state index in [1.165, 1.54) is 30.8 Å². The summed E-state index contributed by atoms with van der Waals surface area (Å²) in [5.74, 6) is 0. The van der Waals surface area contributed by atoms with Gasteiger partial charge in [-0.1, -0.05) is 6.92 Å². The minimum Gasteiger partial charge on any atom is -0.304 e. The average molecular weight is 253 g/mol. The highest BCUT2D eigenvalue weighted by molar-refractivity contribution is 7.09. The van der Waals surface area contributed by atoms with Crippen LogP contribution in [0, 0.1) is 6.92 Å². The molecule has 1 aliphatic rings. The number of rotatable bonds is 4. The van der Waals surface area contributed by atoms with Crippen molar-refractivity contribution in [3.05, 3.63) is 16.1 Å². The van der Waals surface area contributed by atoms with Crippen molar-refractivity contribution in [3.63, 3.8) is 0 Å². The Balaban J connectivity index is 2.22. The molecule has 0 radical (unpaired) electrons. The molecule has 1 aromatic heterocycles. The first-order valence-electron chi connectivity index (χ1n) is 6.52. The summed E-state index contributed by atoms with van der Waals surface area (Å²) in [5.41, 5.74) is 1.25. The van der Waals surface area contributed by atoms with Crippen molar-refractivity contribution in [1.82, 2.24) is 15.2 Å². The smallest absolute Gasteiger partial charge is 0.114 e. The summed E-state index contributed by atoms with van der Waals surface area (Å²) in [7, 11) is 2.21. The van der Waals surface area contributed by atoms with E-state index in [0.29, 0.717) is 0 Å². The minimum atomic E-state index is 0.0991. The van der Waals surface area contributed by atoms with Crippen LogP contribution in [-0.2, 0) is 5.54 Å². The van der Waals surface area contributed by atoms with E-state index in [-0.39, 0.29) is 5.54 Å². The second-order valence-electron chi connectivity index (χ2n) is 5.14. The lowest BCUT2D eigenvalue weighted by atomic mass is 9.89. The van der Waals surface area contributed by atoms with Crippen molar-refractivity contribution in [1.29, 1.82) is 0 Å². The van der Waals surface area contributed by atoms with Gasteiger partial charge >= 0.3 is 0 Å². The van der Waals surface area contributed by atoms with Gasteiger partial charge in [0.1, 0.15) is 5.01 Å². The molecule has 1 aliphatic heterocycles. The molecular formula is C13H23N3S. The fourth-order valence-electron chi connectivity index (χ4n) is 2.60. The molecule has 0 spiro atoms. The summed E-state index contributed by atoms with van der Waals surface area (Å²) < 4.78 is 0. The third-order valence-corrected chi connectivity index (χ3v) is 4.59. The van der Waals surface area contributed by atoms with Gasteiger partial charge in [0.05, 0.1) is 5.54 Å². The lowest BCUT2D eigenvalue weighted by Crippen LogP contribution is -2.53. The number of likely N-dealkylation sites (tertiary alicyclic amines) is 1. The zero-order valence-electron chi connectivity index (χ0n) is 11.1. The first-order chi connectivity index (χ1) is 8.16. The fraction of sp³-hybridized carbons (Fsp3) is 0.769. The van der Waals surface area contributed by atoms with Crippen LogP contribution >= 0.6 is 11.3 Å². The zero-order chi connectivity index (χ0) is 12.3. The minimum absolute atomic E-state index is 0.0991. The van der Waals surface area contributed by atoms with Crippen LogP contribution in [0.5, 0.6) is 0 Å². The SMILES string of the molecule is CCCNC1(c2nc(C)cs2)CCCN(C)C1. The van der Waals surface area contributed by atoms with Gasteiger partial charge in [-0.3, -0.25) is 0 Å². The van der Waals surface area contributed by atoms with E-state index in [2.05, 4.69) is 36.5 Å². The molecule has 0 bridgehead atoms. The predicted molar refractivity (Wildman–Crippen MR) is 73.6 cm³/mol. The molecule has 2 rings (SSSR count). The Morgan fingerprint density at radius 1 is 1.59 bits per heavy atom. The molecule has 0 saturated carbocycles. The second-order valence-corrected chi connectivity index (χ2v) is 6.00. The maximum atomic E-state index is 4.72. The van der Waals surface area contributed by atoms with E-state index >= 15 is 0 Å². The van der Waals surface area contributed by atoms with Gasteiger partial charge in [0.15, 0.2) is 0 Å². The van der Waals surface area contributed by atoms with Crippen molar-refractivity contribution < 1.29 is 0 Å². The summed E-state index contributed by atoms with van der Waals surface area (Å²) in [6, 6.07) is 0. The first kappa shape index (κ1) is 13.0. The number of piperidine rings is 1. The molecule has 3 nitrogen and oxygen atoms in total. The highest BCUT2D eigenvalue weighted by atomic mass is 32.1. The van der Waals surface area contributed by atoms with Crippen molar-refractivity contribution >= 4 is 11.3 Å². The number of aromatic nitrogens is 1. The molecule has 1 unspecified atom stereocenters. The number of aryl methyl sites for hydroxylation is 1. The number of hydrogen-bond acceptors (Lipinski definition) is 4.